The van der Waals surface area contributed by atoms with Crippen LogP contribution < -0.4 is 11.1 Å². The summed E-state index contributed by atoms with van der Waals surface area (Å²) in [5.74, 6) is 0.615. The van der Waals surface area contributed by atoms with E-state index in [2.05, 4.69) is 17.2 Å². The molecule has 1 fully saturated rings. The van der Waals surface area contributed by atoms with Crippen LogP contribution in [0.25, 0.3) is 0 Å². The highest BCUT2D eigenvalue weighted by molar-refractivity contribution is 5.78. The Morgan fingerprint density at radius 3 is 2.90 bits per heavy atom. The second-order valence-corrected chi connectivity index (χ2v) is 2.69. The molecule has 1 aliphatic rings. The molecule has 58 valence electrons. The Bertz CT molecular complexity index is 127. The third-order valence-corrected chi connectivity index (χ3v) is 1.44. The van der Waals surface area contributed by atoms with Crippen LogP contribution in [0.3, 0.4) is 0 Å². The van der Waals surface area contributed by atoms with E-state index in [0.29, 0.717) is 12.0 Å². The van der Waals surface area contributed by atoms with Gasteiger partial charge in [-0.3, -0.25) is 4.99 Å². The van der Waals surface area contributed by atoms with E-state index in [0.717, 1.165) is 13.0 Å². The van der Waals surface area contributed by atoms with Gasteiger partial charge in [0.1, 0.15) is 0 Å². The number of nitrogens with one attached hydrogen (secondary N) is 1. The zero-order valence-electron chi connectivity index (χ0n) is 6.43. The Morgan fingerprint density at radius 2 is 2.40 bits per heavy atom. The molecule has 0 aliphatic heterocycles. The van der Waals surface area contributed by atoms with Crippen molar-refractivity contribution in [1.82, 2.24) is 5.32 Å². The fourth-order valence-electron chi connectivity index (χ4n) is 0.715. The molecule has 10 heavy (non-hydrogen) atoms. The summed E-state index contributed by atoms with van der Waals surface area (Å²) in [5, 5.41) is 3.12. The summed E-state index contributed by atoms with van der Waals surface area (Å²) in [6, 6.07) is 0.626. The minimum Gasteiger partial charge on any atom is -0.370 e. The van der Waals surface area contributed by atoms with Crippen molar-refractivity contribution in [1.29, 1.82) is 0 Å². The number of guanidine groups is 1. The van der Waals surface area contributed by atoms with E-state index in [1.807, 2.05) is 0 Å². The van der Waals surface area contributed by atoms with Gasteiger partial charge in [0.25, 0.3) is 0 Å². The predicted molar refractivity (Wildman–Crippen MR) is 42.9 cm³/mol. The highest BCUT2D eigenvalue weighted by atomic mass is 15.1. The molecule has 0 radical (unpaired) electrons. The van der Waals surface area contributed by atoms with Crippen molar-refractivity contribution >= 4 is 5.96 Å². The van der Waals surface area contributed by atoms with Gasteiger partial charge in [0.15, 0.2) is 5.96 Å². The molecule has 0 atom stereocenters. The lowest BCUT2D eigenvalue weighted by Crippen LogP contribution is -2.33. The average molecular weight is 141 g/mol. The first-order valence-corrected chi connectivity index (χ1v) is 3.89. The maximum Gasteiger partial charge on any atom is 0.188 e. The molecule has 1 rings (SSSR count). The van der Waals surface area contributed by atoms with E-state index in [4.69, 9.17) is 5.73 Å². The maximum atomic E-state index is 5.54. The van der Waals surface area contributed by atoms with E-state index in [1.165, 1.54) is 12.8 Å². The van der Waals surface area contributed by atoms with Crippen LogP contribution in [-0.2, 0) is 0 Å². The zero-order chi connectivity index (χ0) is 7.40. The number of aliphatic imine (C=N–C) groups is 1. The molecule has 0 aromatic rings. The summed E-state index contributed by atoms with van der Waals surface area (Å²) in [6.07, 6.45) is 3.57. The van der Waals surface area contributed by atoms with Gasteiger partial charge in [0.2, 0.25) is 0 Å². The van der Waals surface area contributed by atoms with Crippen molar-refractivity contribution in [3.63, 3.8) is 0 Å². The summed E-state index contributed by atoms with van der Waals surface area (Å²) in [7, 11) is 0. The van der Waals surface area contributed by atoms with Crippen LogP contribution in [0, 0.1) is 0 Å². The van der Waals surface area contributed by atoms with Crippen LogP contribution in [0.15, 0.2) is 4.99 Å². The number of hydrogen-bond acceptors (Lipinski definition) is 1. The quantitative estimate of drug-likeness (QED) is 0.443. The van der Waals surface area contributed by atoms with Crippen LogP contribution in [0.5, 0.6) is 0 Å². The van der Waals surface area contributed by atoms with E-state index in [-0.39, 0.29) is 0 Å². The van der Waals surface area contributed by atoms with E-state index in [1.54, 1.807) is 0 Å². The molecular formula is C7H15N3. The van der Waals surface area contributed by atoms with Crippen LogP contribution >= 0.6 is 0 Å². The fraction of sp³-hybridized carbons (Fsp3) is 0.857. The van der Waals surface area contributed by atoms with Crippen molar-refractivity contribution in [3.8, 4) is 0 Å². The summed E-state index contributed by atoms with van der Waals surface area (Å²) < 4.78 is 0. The molecular weight excluding hydrogens is 126 g/mol. The number of rotatable bonds is 3. The van der Waals surface area contributed by atoms with Gasteiger partial charge >= 0.3 is 0 Å². The Hall–Kier alpha value is -0.730. The first-order valence-electron chi connectivity index (χ1n) is 3.89. The van der Waals surface area contributed by atoms with Gasteiger partial charge in [-0.05, 0) is 19.3 Å². The van der Waals surface area contributed by atoms with Gasteiger partial charge < -0.3 is 11.1 Å². The van der Waals surface area contributed by atoms with Crippen LogP contribution in [-0.4, -0.2) is 18.5 Å². The number of nitrogens with zero attached hydrogens (tertiary/aromatic N) is 1. The smallest absolute Gasteiger partial charge is 0.188 e. The third kappa shape index (κ3) is 2.71. The maximum absolute atomic E-state index is 5.54. The van der Waals surface area contributed by atoms with E-state index in [9.17, 15) is 0 Å². The monoisotopic (exact) mass is 141 g/mol. The molecule has 0 aromatic heterocycles. The van der Waals surface area contributed by atoms with Crippen LogP contribution in [0.2, 0.25) is 0 Å². The molecule has 0 unspecified atom stereocenters. The molecule has 3 N–H and O–H groups in total. The molecule has 0 spiro atoms. The van der Waals surface area contributed by atoms with Crippen molar-refractivity contribution in [2.45, 2.75) is 32.2 Å². The third-order valence-electron chi connectivity index (χ3n) is 1.44. The largest absolute Gasteiger partial charge is 0.370 e. The molecule has 0 aromatic carbocycles. The molecule has 0 amide bonds. The van der Waals surface area contributed by atoms with Crippen molar-refractivity contribution < 1.29 is 0 Å². The van der Waals surface area contributed by atoms with Gasteiger partial charge in [0.05, 0.1) is 0 Å². The van der Waals surface area contributed by atoms with Gasteiger partial charge in [-0.2, -0.15) is 0 Å². The Balaban J connectivity index is 2.11. The zero-order valence-corrected chi connectivity index (χ0v) is 6.43. The second-order valence-electron chi connectivity index (χ2n) is 2.69. The average Bonchev–Trinajstić information content (AvgIpc) is 2.67. The Morgan fingerprint density at radius 1 is 1.70 bits per heavy atom. The fourth-order valence-corrected chi connectivity index (χ4v) is 0.715. The summed E-state index contributed by atoms with van der Waals surface area (Å²) in [6.45, 7) is 2.93. The minimum atomic E-state index is 0.615. The summed E-state index contributed by atoms with van der Waals surface area (Å²) in [4.78, 5) is 4.11. The molecule has 3 nitrogen and oxygen atoms in total. The van der Waals surface area contributed by atoms with Crippen LogP contribution in [0.4, 0.5) is 0 Å². The highest BCUT2D eigenvalue weighted by Gasteiger charge is 2.20. The normalized spacial score (nSPS) is 19.1. The van der Waals surface area contributed by atoms with Gasteiger partial charge in [0, 0.05) is 12.6 Å². The highest BCUT2D eigenvalue weighted by Crippen LogP contribution is 2.17. The van der Waals surface area contributed by atoms with Crippen molar-refractivity contribution in [3.05, 3.63) is 0 Å². The van der Waals surface area contributed by atoms with E-state index < -0.39 is 0 Å². The van der Waals surface area contributed by atoms with Crippen molar-refractivity contribution in [2.24, 2.45) is 10.7 Å². The second kappa shape index (κ2) is 3.44. The number of hydrogen-bond donors (Lipinski definition) is 2. The number of nitrogens with two attached hydrogens (primary N) is 1. The summed E-state index contributed by atoms with van der Waals surface area (Å²) in [5.41, 5.74) is 5.54. The van der Waals surface area contributed by atoms with Crippen LogP contribution in [0.1, 0.15) is 26.2 Å². The first-order chi connectivity index (χ1) is 4.83. The molecule has 0 bridgehead atoms. The molecule has 0 saturated heterocycles. The molecule has 1 aliphatic carbocycles. The molecule has 3 heteroatoms. The first kappa shape index (κ1) is 7.38. The topological polar surface area (TPSA) is 50.4 Å². The molecule has 0 heterocycles. The predicted octanol–water partition coefficient (Wildman–Crippen LogP) is 0.463. The van der Waals surface area contributed by atoms with E-state index >= 15 is 0 Å². The standard InChI is InChI=1S/C7H15N3/c1-2-5-9-7(8)10-6-3-4-6/h6H,2-5H2,1H3,(H3,8,9,10). The SMILES string of the molecule is CCCN=C(N)NC1CC1. The lowest BCUT2D eigenvalue weighted by atomic mass is 10.5. The minimum absolute atomic E-state index is 0.615. The molecule has 1 saturated carbocycles. The van der Waals surface area contributed by atoms with Gasteiger partial charge in [-0.25, -0.2) is 0 Å². The lowest BCUT2D eigenvalue weighted by molar-refractivity contribution is 0.861. The van der Waals surface area contributed by atoms with Gasteiger partial charge in [-0.15, -0.1) is 0 Å². The van der Waals surface area contributed by atoms with Gasteiger partial charge in [-0.1, -0.05) is 6.92 Å². The van der Waals surface area contributed by atoms with Crippen molar-refractivity contribution in [2.75, 3.05) is 6.54 Å². The summed E-state index contributed by atoms with van der Waals surface area (Å²) >= 11 is 0. The lowest BCUT2D eigenvalue weighted by Gasteiger charge is -2.00. The Kier molecular flexibility index (Phi) is 2.54. The Labute approximate surface area is 61.7 Å².